The van der Waals surface area contributed by atoms with E-state index < -0.39 is 0 Å². The minimum Gasteiger partial charge on any atom is -0.346 e. The first-order valence-corrected chi connectivity index (χ1v) is 10.5. The molecular weight excluding hydrogens is 407 g/mol. The maximum absolute atomic E-state index is 13.4. The Labute approximate surface area is 188 Å². The van der Waals surface area contributed by atoms with Crippen molar-refractivity contribution in [1.82, 2.24) is 19.7 Å². The number of aryl methyl sites for hydroxylation is 3. The maximum atomic E-state index is 13.4. The van der Waals surface area contributed by atoms with Gasteiger partial charge in [0.05, 0.1) is 18.4 Å². The molecule has 0 saturated heterocycles. The molecule has 4 rings (SSSR count). The number of hydrogen-bond acceptors (Lipinski definition) is 5. The largest absolute Gasteiger partial charge is 0.346 e. The highest BCUT2D eigenvalue weighted by molar-refractivity contribution is 6.03. The lowest BCUT2D eigenvalue weighted by atomic mass is 9.99. The van der Waals surface area contributed by atoms with Gasteiger partial charge in [0.25, 0.3) is 0 Å². The Morgan fingerprint density at radius 3 is 2.69 bits per heavy atom. The molecule has 1 aromatic carbocycles. The van der Waals surface area contributed by atoms with E-state index in [1.807, 2.05) is 51.2 Å². The highest BCUT2D eigenvalue weighted by Gasteiger charge is 2.35. The molecule has 0 fully saturated rings. The van der Waals surface area contributed by atoms with Crippen LogP contribution in [0.5, 0.6) is 0 Å². The molecule has 1 aliphatic heterocycles. The minimum absolute atomic E-state index is 0. The first-order chi connectivity index (χ1) is 14.8. The summed E-state index contributed by atoms with van der Waals surface area (Å²) >= 11 is 0. The average Bonchev–Trinajstić information content (AvgIpc) is 3.14. The van der Waals surface area contributed by atoms with Crippen molar-refractivity contribution < 1.29 is 9.18 Å². The average molecular weight is 439 g/mol. The van der Waals surface area contributed by atoms with E-state index in [2.05, 4.69) is 15.4 Å². The van der Waals surface area contributed by atoms with Crippen molar-refractivity contribution in [3.63, 3.8) is 0 Å². The van der Waals surface area contributed by atoms with Gasteiger partial charge in [-0.25, -0.2) is 14.4 Å². The molecule has 3 aromatic rings. The van der Waals surface area contributed by atoms with E-state index in [1.54, 1.807) is 10.7 Å². The molecule has 0 radical (unpaired) electrons. The number of carbonyl (C=O) groups is 1. The Kier molecular flexibility index (Phi) is 6.91. The second-order valence-electron chi connectivity index (χ2n) is 8.39. The molecule has 170 valence electrons. The van der Waals surface area contributed by atoms with Crippen LogP contribution in [0.4, 0.5) is 15.9 Å². The lowest BCUT2D eigenvalue weighted by Crippen LogP contribution is -2.49. The van der Waals surface area contributed by atoms with E-state index in [1.165, 1.54) is 12.1 Å². The van der Waals surface area contributed by atoms with Gasteiger partial charge in [0.15, 0.2) is 5.82 Å². The second kappa shape index (κ2) is 9.46. The van der Waals surface area contributed by atoms with Gasteiger partial charge < -0.3 is 10.2 Å². The van der Waals surface area contributed by atoms with Crippen molar-refractivity contribution in [1.29, 1.82) is 0 Å². The van der Waals surface area contributed by atoms with Crippen molar-refractivity contribution in [3.8, 4) is 0 Å². The van der Waals surface area contributed by atoms with Gasteiger partial charge in [0, 0.05) is 19.7 Å². The number of carbonyl (C=O) groups excluding carboxylic acids is 1. The van der Waals surface area contributed by atoms with Crippen LogP contribution < -0.4 is 10.2 Å². The van der Waals surface area contributed by atoms with Crippen LogP contribution in [0.15, 0.2) is 36.7 Å². The molecule has 0 aliphatic carbocycles. The van der Waals surface area contributed by atoms with Crippen LogP contribution >= 0.6 is 0 Å². The van der Waals surface area contributed by atoms with E-state index in [0.717, 1.165) is 34.9 Å². The number of anilines is 2. The molecule has 32 heavy (non-hydrogen) atoms. The molecule has 1 N–H and O–H groups in total. The van der Waals surface area contributed by atoms with Crippen LogP contribution in [0.1, 0.15) is 43.9 Å². The predicted molar refractivity (Wildman–Crippen MR) is 124 cm³/mol. The highest BCUT2D eigenvalue weighted by atomic mass is 19.1. The first-order valence-electron chi connectivity index (χ1n) is 10.5. The number of fused-ring (bicyclic) bond motifs is 1. The highest BCUT2D eigenvalue weighted by Crippen LogP contribution is 2.33. The van der Waals surface area contributed by atoms with Gasteiger partial charge in [0.1, 0.15) is 23.4 Å². The number of likely N-dealkylation sites (N-methyl/N-ethyl adjacent to an activating group) is 1. The number of aromatic nitrogens is 4. The summed E-state index contributed by atoms with van der Waals surface area (Å²) in [5.41, 5.74) is 3.39. The van der Waals surface area contributed by atoms with Gasteiger partial charge in [-0.2, -0.15) is 5.10 Å². The predicted octanol–water partition coefficient (Wildman–Crippen LogP) is 4.00. The van der Waals surface area contributed by atoms with E-state index >= 15 is 0 Å². The lowest BCUT2D eigenvalue weighted by molar-refractivity contribution is -0.118. The molecule has 0 spiro atoms. The van der Waals surface area contributed by atoms with Gasteiger partial charge in [-0.15, -0.1) is 0 Å². The molecule has 8 heteroatoms. The Morgan fingerprint density at radius 1 is 1.19 bits per heavy atom. The normalized spacial score (nSPS) is 15.4. The third kappa shape index (κ3) is 4.79. The summed E-state index contributed by atoms with van der Waals surface area (Å²) < 4.78 is 15.2. The number of nitrogens with one attached hydrogen (secondary N) is 1. The van der Waals surface area contributed by atoms with Crippen LogP contribution in [0.2, 0.25) is 0 Å². The maximum Gasteiger partial charge on any atom is 0.247 e. The van der Waals surface area contributed by atoms with Crippen molar-refractivity contribution in [2.24, 2.45) is 5.92 Å². The summed E-state index contributed by atoms with van der Waals surface area (Å²) in [4.78, 5) is 23.8. The van der Waals surface area contributed by atoms with Crippen LogP contribution in [-0.4, -0.2) is 38.7 Å². The third-order valence-corrected chi connectivity index (χ3v) is 5.57. The zero-order chi connectivity index (χ0) is 22.1. The van der Waals surface area contributed by atoms with Crippen molar-refractivity contribution in [3.05, 3.63) is 65.1 Å². The Morgan fingerprint density at radius 2 is 1.97 bits per heavy atom. The number of rotatable bonds is 6. The fourth-order valence-corrected chi connectivity index (χ4v) is 4.08. The minimum atomic E-state index is -0.254. The lowest BCUT2D eigenvalue weighted by Gasteiger charge is -2.36. The number of amides is 1. The monoisotopic (exact) mass is 438 g/mol. The number of nitrogens with zero attached hydrogens (tertiary/aromatic N) is 5. The molecule has 1 aliphatic rings. The summed E-state index contributed by atoms with van der Waals surface area (Å²) in [5.74, 6) is 1.41. The standard InChI is InChI=1S/C23H27FN6O.CH4/c1-14(2)21-23(31)28-20-15(3)26-19(27-22(20)29(21)4)9-8-17-11-25-30(13-17)12-16-6-5-7-18(24)10-16;/h5-7,10-11,13-14,21H,8-9,12H2,1-4H3,(H,28,31);1H4/t21-;/m0./s1. The molecule has 0 bridgehead atoms. The van der Waals surface area contributed by atoms with Gasteiger partial charge >= 0.3 is 0 Å². The second-order valence-corrected chi connectivity index (χ2v) is 8.39. The van der Waals surface area contributed by atoms with Gasteiger partial charge in [-0.3, -0.25) is 9.48 Å². The molecule has 1 amide bonds. The number of benzene rings is 1. The van der Waals surface area contributed by atoms with E-state index in [0.29, 0.717) is 18.7 Å². The zero-order valence-electron chi connectivity index (χ0n) is 18.3. The zero-order valence-corrected chi connectivity index (χ0v) is 18.3. The van der Waals surface area contributed by atoms with Crippen LogP contribution in [0.3, 0.4) is 0 Å². The molecule has 1 atom stereocenters. The molecule has 0 saturated carbocycles. The molecule has 2 aromatic heterocycles. The molecule has 3 heterocycles. The van der Waals surface area contributed by atoms with Gasteiger partial charge in [0.2, 0.25) is 5.91 Å². The fraction of sp³-hybridized carbons (Fsp3) is 0.417. The van der Waals surface area contributed by atoms with Crippen LogP contribution in [0.25, 0.3) is 0 Å². The van der Waals surface area contributed by atoms with Crippen molar-refractivity contribution in [2.45, 2.75) is 53.6 Å². The first kappa shape index (κ1) is 23.4. The quantitative estimate of drug-likeness (QED) is 0.630. The summed E-state index contributed by atoms with van der Waals surface area (Å²) in [7, 11) is 1.91. The van der Waals surface area contributed by atoms with Crippen LogP contribution in [-0.2, 0) is 24.2 Å². The summed E-state index contributed by atoms with van der Waals surface area (Å²) in [6, 6.07) is 6.29. The Balaban J connectivity index is 0.00000289. The number of hydrogen-bond donors (Lipinski definition) is 1. The van der Waals surface area contributed by atoms with Crippen LogP contribution in [0, 0.1) is 18.7 Å². The van der Waals surface area contributed by atoms with Crippen molar-refractivity contribution >= 4 is 17.4 Å². The van der Waals surface area contributed by atoms with Gasteiger partial charge in [-0.1, -0.05) is 33.4 Å². The van der Waals surface area contributed by atoms with Crippen molar-refractivity contribution in [2.75, 3.05) is 17.3 Å². The smallest absolute Gasteiger partial charge is 0.247 e. The topological polar surface area (TPSA) is 75.9 Å². The van der Waals surface area contributed by atoms with E-state index in [-0.39, 0.29) is 31.1 Å². The summed E-state index contributed by atoms with van der Waals surface area (Å²) in [5, 5.41) is 7.36. The molecule has 0 unspecified atom stereocenters. The summed E-state index contributed by atoms with van der Waals surface area (Å²) in [6.07, 6.45) is 5.20. The van der Waals surface area contributed by atoms with E-state index in [9.17, 15) is 9.18 Å². The number of halogens is 1. The fourth-order valence-electron chi connectivity index (χ4n) is 4.08. The third-order valence-electron chi connectivity index (χ3n) is 5.57. The Bertz CT molecular complexity index is 1110. The summed E-state index contributed by atoms with van der Waals surface area (Å²) in [6.45, 7) is 6.47. The Hall–Kier alpha value is -3.29. The molecule has 7 nitrogen and oxygen atoms in total. The molecular formula is C24H31FN6O. The van der Waals surface area contributed by atoms with E-state index in [4.69, 9.17) is 4.98 Å². The SMILES string of the molecule is C.Cc1nc(CCc2cnn(Cc3cccc(F)c3)c2)nc2c1NC(=O)[C@H](C(C)C)N2C. The van der Waals surface area contributed by atoms with Gasteiger partial charge in [-0.05, 0) is 42.5 Å².